The fourth-order valence-corrected chi connectivity index (χ4v) is 4.56. The maximum absolute atomic E-state index is 13.5. The van der Waals surface area contributed by atoms with E-state index in [-0.39, 0.29) is 17.6 Å². The van der Waals surface area contributed by atoms with Crippen LogP contribution >= 0.6 is 0 Å². The highest BCUT2D eigenvalue weighted by Gasteiger charge is 2.22. The van der Waals surface area contributed by atoms with Gasteiger partial charge in [0.05, 0.1) is 5.56 Å². The molecule has 0 radical (unpaired) electrons. The third-order valence-electron chi connectivity index (χ3n) is 6.60. The smallest absolute Gasteiger partial charge is 0.255 e. The van der Waals surface area contributed by atoms with Gasteiger partial charge in [0, 0.05) is 43.3 Å². The quantitative estimate of drug-likeness (QED) is 0.381. The summed E-state index contributed by atoms with van der Waals surface area (Å²) < 4.78 is 24.9. The number of benzene rings is 3. The van der Waals surface area contributed by atoms with Crippen LogP contribution < -0.4 is 10.6 Å². The summed E-state index contributed by atoms with van der Waals surface area (Å²) in [5.41, 5.74) is 3.80. The summed E-state index contributed by atoms with van der Waals surface area (Å²) in [4.78, 5) is 25.6. The molecule has 184 valence electrons. The van der Waals surface area contributed by atoms with Crippen LogP contribution in [0, 0.1) is 11.7 Å². The zero-order valence-electron chi connectivity index (χ0n) is 20.0. The van der Waals surface area contributed by atoms with Gasteiger partial charge in [0.2, 0.25) is 0 Å². The van der Waals surface area contributed by atoms with Crippen LogP contribution in [0.3, 0.4) is 0 Å². The predicted octanol–water partition coefficient (Wildman–Crippen LogP) is 5.42. The number of nitrogens with one attached hydrogen (secondary N) is 2. The number of carbonyl (C=O) groups is 2. The molecule has 0 unspecified atom stereocenters. The molecule has 3 aromatic carbocycles. The van der Waals surface area contributed by atoms with Crippen LogP contribution in [0.5, 0.6) is 0 Å². The van der Waals surface area contributed by atoms with Crippen molar-refractivity contribution in [1.29, 1.82) is 0 Å². The van der Waals surface area contributed by atoms with Crippen LogP contribution in [0.2, 0.25) is 0 Å². The SMILES string of the molecule is CNC(=O)c1c(-c2ccc(F)cc2)oc2ccc(-c3cccc(C(=O)NCC4CCOCC4)c3)cc12. The number of halogens is 1. The summed E-state index contributed by atoms with van der Waals surface area (Å²) in [6.45, 7) is 2.12. The summed E-state index contributed by atoms with van der Waals surface area (Å²) in [5.74, 6) is 0.0368. The summed E-state index contributed by atoms with van der Waals surface area (Å²) >= 11 is 0. The summed E-state index contributed by atoms with van der Waals surface area (Å²) in [6.07, 6.45) is 1.91. The third-order valence-corrected chi connectivity index (χ3v) is 6.60. The maximum atomic E-state index is 13.5. The first-order chi connectivity index (χ1) is 17.5. The molecule has 0 aliphatic carbocycles. The largest absolute Gasteiger partial charge is 0.455 e. The molecule has 0 spiro atoms. The van der Waals surface area contributed by atoms with E-state index in [4.69, 9.17) is 9.15 Å². The highest BCUT2D eigenvalue weighted by Crippen LogP contribution is 2.36. The fraction of sp³-hybridized carbons (Fsp3) is 0.241. The molecular formula is C29H27FN2O4. The Morgan fingerprint density at radius 3 is 2.39 bits per heavy atom. The molecule has 0 saturated carbocycles. The minimum absolute atomic E-state index is 0.114. The van der Waals surface area contributed by atoms with Gasteiger partial charge in [-0.05, 0) is 78.4 Å². The van der Waals surface area contributed by atoms with Crippen molar-refractivity contribution in [2.75, 3.05) is 26.8 Å². The Morgan fingerprint density at radius 1 is 0.917 bits per heavy atom. The number of fused-ring (bicyclic) bond motifs is 1. The van der Waals surface area contributed by atoms with Crippen molar-refractivity contribution >= 4 is 22.8 Å². The number of ether oxygens (including phenoxy) is 1. The first kappa shape index (κ1) is 23.8. The van der Waals surface area contributed by atoms with Crippen LogP contribution in [-0.2, 0) is 4.74 Å². The third kappa shape index (κ3) is 4.88. The first-order valence-electron chi connectivity index (χ1n) is 12.0. The van der Waals surface area contributed by atoms with Crippen LogP contribution in [0.25, 0.3) is 33.4 Å². The van der Waals surface area contributed by atoms with E-state index in [0.717, 1.165) is 37.2 Å². The summed E-state index contributed by atoms with van der Waals surface area (Å²) in [5, 5.41) is 6.36. The molecule has 1 saturated heterocycles. The molecule has 0 bridgehead atoms. The van der Waals surface area contributed by atoms with Crippen LogP contribution in [0.15, 0.2) is 71.1 Å². The zero-order valence-corrected chi connectivity index (χ0v) is 20.0. The number of furan rings is 1. The lowest BCUT2D eigenvalue weighted by atomic mass is 9.98. The lowest BCUT2D eigenvalue weighted by molar-refractivity contribution is 0.0642. The van der Waals surface area contributed by atoms with Crippen molar-refractivity contribution in [3.05, 3.63) is 83.7 Å². The van der Waals surface area contributed by atoms with E-state index in [1.807, 2.05) is 36.4 Å². The van der Waals surface area contributed by atoms with Crippen molar-refractivity contribution in [1.82, 2.24) is 10.6 Å². The molecule has 0 atom stereocenters. The van der Waals surface area contributed by atoms with Gasteiger partial charge in [0.1, 0.15) is 17.2 Å². The number of carbonyl (C=O) groups excluding carboxylic acids is 2. The van der Waals surface area contributed by atoms with Gasteiger partial charge in [-0.1, -0.05) is 18.2 Å². The van der Waals surface area contributed by atoms with E-state index in [1.54, 1.807) is 25.2 Å². The Morgan fingerprint density at radius 2 is 1.64 bits per heavy atom. The lowest BCUT2D eigenvalue weighted by Gasteiger charge is -2.22. The van der Waals surface area contributed by atoms with Crippen molar-refractivity contribution in [2.45, 2.75) is 12.8 Å². The van der Waals surface area contributed by atoms with E-state index >= 15 is 0 Å². The number of hydrogen-bond donors (Lipinski definition) is 2. The van der Waals surface area contributed by atoms with Gasteiger partial charge in [-0.25, -0.2) is 4.39 Å². The first-order valence-corrected chi connectivity index (χ1v) is 12.0. The van der Waals surface area contributed by atoms with Crippen molar-refractivity contribution in [3.8, 4) is 22.5 Å². The zero-order chi connectivity index (χ0) is 25.1. The number of rotatable bonds is 6. The minimum Gasteiger partial charge on any atom is -0.455 e. The average Bonchev–Trinajstić information content (AvgIpc) is 3.31. The Bertz CT molecular complexity index is 1400. The molecule has 4 aromatic rings. The molecule has 1 fully saturated rings. The molecule has 7 heteroatoms. The molecule has 5 rings (SSSR count). The summed E-state index contributed by atoms with van der Waals surface area (Å²) in [7, 11) is 1.56. The molecule has 6 nitrogen and oxygen atoms in total. The maximum Gasteiger partial charge on any atom is 0.255 e. The Balaban J connectivity index is 1.46. The molecule has 1 aromatic heterocycles. The monoisotopic (exact) mass is 486 g/mol. The van der Waals surface area contributed by atoms with Crippen LogP contribution in [0.4, 0.5) is 4.39 Å². The Kier molecular flexibility index (Phi) is 6.82. The van der Waals surface area contributed by atoms with E-state index in [1.165, 1.54) is 12.1 Å². The molecule has 1 aliphatic rings. The van der Waals surface area contributed by atoms with Crippen LogP contribution in [-0.4, -0.2) is 38.6 Å². The van der Waals surface area contributed by atoms with E-state index in [9.17, 15) is 14.0 Å². The van der Waals surface area contributed by atoms with E-state index < -0.39 is 0 Å². The van der Waals surface area contributed by atoms with Gasteiger partial charge < -0.3 is 19.8 Å². The Hall–Kier alpha value is -3.97. The van der Waals surface area contributed by atoms with E-state index in [2.05, 4.69) is 10.6 Å². The normalized spacial score (nSPS) is 14.1. The van der Waals surface area contributed by atoms with E-state index in [0.29, 0.717) is 45.9 Å². The van der Waals surface area contributed by atoms with Gasteiger partial charge in [-0.3, -0.25) is 9.59 Å². The molecule has 2 heterocycles. The fourth-order valence-electron chi connectivity index (χ4n) is 4.56. The molecule has 2 amide bonds. The highest BCUT2D eigenvalue weighted by molar-refractivity contribution is 6.11. The van der Waals surface area contributed by atoms with Gasteiger partial charge in [0.25, 0.3) is 11.8 Å². The van der Waals surface area contributed by atoms with Gasteiger partial charge in [-0.15, -0.1) is 0 Å². The average molecular weight is 487 g/mol. The number of amides is 2. The predicted molar refractivity (Wildman–Crippen MR) is 136 cm³/mol. The highest BCUT2D eigenvalue weighted by atomic mass is 19.1. The van der Waals surface area contributed by atoms with Crippen molar-refractivity contribution in [3.63, 3.8) is 0 Å². The van der Waals surface area contributed by atoms with Crippen molar-refractivity contribution < 1.29 is 23.1 Å². The lowest BCUT2D eigenvalue weighted by Crippen LogP contribution is -2.32. The van der Waals surface area contributed by atoms with Gasteiger partial charge in [-0.2, -0.15) is 0 Å². The second kappa shape index (κ2) is 10.3. The summed E-state index contributed by atoms with van der Waals surface area (Å²) in [6, 6.07) is 18.8. The molecule has 36 heavy (non-hydrogen) atoms. The van der Waals surface area contributed by atoms with Crippen LogP contribution in [0.1, 0.15) is 33.6 Å². The topological polar surface area (TPSA) is 80.6 Å². The van der Waals surface area contributed by atoms with Crippen molar-refractivity contribution in [2.24, 2.45) is 5.92 Å². The van der Waals surface area contributed by atoms with Gasteiger partial charge >= 0.3 is 0 Å². The number of hydrogen-bond acceptors (Lipinski definition) is 4. The van der Waals surface area contributed by atoms with Gasteiger partial charge in [0.15, 0.2) is 0 Å². The molecule has 2 N–H and O–H groups in total. The Labute approximate surface area is 208 Å². The molecular weight excluding hydrogens is 459 g/mol. The molecule has 1 aliphatic heterocycles. The standard InChI is InChI=1S/C29H27FN2O4/c1-31-29(34)26-24-16-21(7-10-25(24)36-27(26)19-5-8-23(30)9-6-19)20-3-2-4-22(15-20)28(33)32-17-18-11-13-35-14-12-18/h2-10,15-16,18H,11-14,17H2,1H3,(H,31,34)(H,32,33). The second-order valence-corrected chi connectivity index (χ2v) is 8.95. The minimum atomic E-state index is -0.365. The second-order valence-electron chi connectivity index (χ2n) is 8.95.